The smallest absolute Gasteiger partial charge is 0.387 e. The van der Waals surface area contributed by atoms with Crippen LogP contribution in [0.3, 0.4) is 0 Å². The molecule has 20 heavy (non-hydrogen) atoms. The molecule has 1 heterocycles. The van der Waals surface area contributed by atoms with Crippen molar-refractivity contribution in [3.8, 4) is 5.75 Å². The van der Waals surface area contributed by atoms with Gasteiger partial charge in [-0.25, -0.2) is 4.98 Å². The van der Waals surface area contributed by atoms with Gasteiger partial charge in [0, 0.05) is 10.9 Å². The fourth-order valence-electron chi connectivity index (χ4n) is 1.55. The molecule has 1 aromatic carbocycles. The maximum Gasteiger partial charge on any atom is 0.387 e. The number of benzene rings is 1. The molecule has 0 unspecified atom stereocenters. The Morgan fingerprint density at radius 2 is 2.10 bits per heavy atom. The molecule has 0 aliphatic heterocycles. The number of nitrogens with one attached hydrogen (secondary N) is 1. The molecule has 0 radical (unpaired) electrons. The Hall–Kier alpha value is -2.02. The van der Waals surface area contributed by atoms with E-state index in [-0.39, 0.29) is 11.7 Å². The Morgan fingerprint density at radius 1 is 1.40 bits per heavy atom. The number of alkyl halides is 2. The first-order chi connectivity index (χ1) is 9.54. The maximum atomic E-state index is 12.0. The number of ether oxygens (including phenoxy) is 1. The fourth-order valence-corrected chi connectivity index (χ4v) is 2.16. The van der Waals surface area contributed by atoms with Gasteiger partial charge in [0.25, 0.3) is 5.91 Å². The van der Waals surface area contributed by atoms with Crippen molar-refractivity contribution in [2.45, 2.75) is 20.1 Å². The van der Waals surface area contributed by atoms with E-state index in [4.69, 9.17) is 0 Å². The van der Waals surface area contributed by atoms with Crippen molar-refractivity contribution in [3.63, 3.8) is 0 Å². The zero-order chi connectivity index (χ0) is 14.5. The van der Waals surface area contributed by atoms with Crippen molar-refractivity contribution >= 4 is 17.2 Å². The summed E-state index contributed by atoms with van der Waals surface area (Å²) in [5.41, 5.74) is 1.16. The standard InChI is InChI=1S/C13H12F2N2O2S/c1-8-17-10(7-20-8)6-16-12(18)9-2-4-11(5-3-9)19-13(14)15/h2-5,7,13H,6H2,1H3,(H,16,18). The van der Waals surface area contributed by atoms with Gasteiger partial charge in [-0.1, -0.05) is 0 Å². The van der Waals surface area contributed by atoms with Gasteiger partial charge in [0.1, 0.15) is 5.75 Å². The molecule has 0 spiro atoms. The SMILES string of the molecule is Cc1nc(CNC(=O)c2ccc(OC(F)F)cc2)cs1. The number of carbonyl (C=O) groups is 1. The number of carbonyl (C=O) groups excluding carboxylic acids is 1. The molecule has 2 aromatic rings. The second-order valence-electron chi connectivity index (χ2n) is 3.94. The summed E-state index contributed by atoms with van der Waals surface area (Å²) < 4.78 is 28.2. The number of hydrogen-bond donors (Lipinski definition) is 1. The monoisotopic (exact) mass is 298 g/mol. The van der Waals surface area contributed by atoms with Crippen LogP contribution in [0.1, 0.15) is 21.1 Å². The van der Waals surface area contributed by atoms with E-state index < -0.39 is 6.61 Å². The zero-order valence-corrected chi connectivity index (χ0v) is 11.4. The normalized spacial score (nSPS) is 10.6. The Labute approximate surface area is 118 Å². The molecule has 0 aliphatic rings. The highest BCUT2D eigenvalue weighted by Gasteiger charge is 2.08. The first-order valence-corrected chi connectivity index (χ1v) is 6.66. The number of halogens is 2. The predicted molar refractivity (Wildman–Crippen MR) is 71.1 cm³/mol. The summed E-state index contributed by atoms with van der Waals surface area (Å²) in [6.07, 6.45) is 0. The molecule has 1 amide bonds. The van der Waals surface area contributed by atoms with Crippen LogP contribution in [-0.4, -0.2) is 17.5 Å². The van der Waals surface area contributed by atoms with E-state index in [0.717, 1.165) is 10.7 Å². The topological polar surface area (TPSA) is 51.2 Å². The second kappa shape index (κ2) is 6.42. The summed E-state index contributed by atoms with van der Waals surface area (Å²) in [5, 5.41) is 5.51. The van der Waals surface area contributed by atoms with E-state index in [0.29, 0.717) is 12.1 Å². The van der Waals surface area contributed by atoms with Crippen LogP contribution in [0.5, 0.6) is 5.75 Å². The molecule has 0 saturated heterocycles. The van der Waals surface area contributed by atoms with Crippen molar-refractivity contribution in [2.24, 2.45) is 0 Å². The molecule has 4 nitrogen and oxygen atoms in total. The van der Waals surface area contributed by atoms with Crippen LogP contribution in [0.4, 0.5) is 8.78 Å². The molecule has 0 fully saturated rings. The average Bonchev–Trinajstić information content (AvgIpc) is 2.82. The summed E-state index contributed by atoms with van der Waals surface area (Å²) in [7, 11) is 0. The van der Waals surface area contributed by atoms with Crippen LogP contribution >= 0.6 is 11.3 Å². The predicted octanol–water partition coefficient (Wildman–Crippen LogP) is 2.98. The summed E-state index contributed by atoms with van der Waals surface area (Å²) >= 11 is 1.51. The number of aromatic nitrogens is 1. The van der Waals surface area contributed by atoms with Crippen LogP contribution in [0.15, 0.2) is 29.6 Å². The van der Waals surface area contributed by atoms with E-state index in [1.54, 1.807) is 0 Å². The van der Waals surface area contributed by atoms with Crippen LogP contribution in [-0.2, 0) is 6.54 Å². The third kappa shape index (κ3) is 3.99. The van der Waals surface area contributed by atoms with Gasteiger partial charge in [-0.2, -0.15) is 8.78 Å². The Morgan fingerprint density at radius 3 is 2.65 bits per heavy atom. The second-order valence-corrected chi connectivity index (χ2v) is 5.01. The maximum absolute atomic E-state index is 12.0. The van der Waals surface area contributed by atoms with Gasteiger partial charge >= 0.3 is 6.61 Å². The molecular weight excluding hydrogens is 286 g/mol. The molecule has 7 heteroatoms. The van der Waals surface area contributed by atoms with Crippen molar-refractivity contribution in [2.75, 3.05) is 0 Å². The molecule has 0 atom stereocenters. The van der Waals surface area contributed by atoms with Gasteiger partial charge in [-0.05, 0) is 31.2 Å². The minimum atomic E-state index is -2.87. The third-order valence-corrected chi connectivity index (χ3v) is 3.26. The summed E-state index contributed by atoms with van der Waals surface area (Å²) in [4.78, 5) is 16.1. The number of aryl methyl sites for hydroxylation is 1. The van der Waals surface area contributed by atoms with E-state index in [1.165, 1.54) is 35.6 Å². The average molecular weight is 298 g/mol. The summed E-state index contributed by atoms with van der Waals surface area (Å²) in [5.74, 6) is -0.272. The zero-order valence-electron chi connectivity index (χ0n) is 10.6. The van der Waals surface area contributed by atoms with Crippen molar-refractivity contribution in [3.05, 3.63) is 45.9 Å². The number of nitrogens with zero attached hydrogens (tertiary/aromatic N) is 1. The molecular formula is C13H12F2N2O2S. The number of thiazole rings is 1. The van der Waals surface area contributed by atoms with E-state index in [9.17, 15) is 13.6 Å². The molecule has 2 rings (SSSR count). The molecule has 0 aliphatic carbocycles. The summed E-state index contributed by atoms with van der Waals surface area (Å²) in [6.45, 7) is -0.654. The molecule has 0 saturated carbocycles. The fraction of sp³-hybridized carbons (Fsp3) is 0.231. The molecule has 1 aromatic heterocycles. The molecule has 0 bridgehead atoms. The van der Waals surface area contributed by atoms with Gasteiger partial charge in [0.2, 0.25) is 0 Å². The van der Waals surface area contributed by atoms with Crippen molar-refractivity contribution in [1.82, 2.24) is 10.3 Å². The lowest BCUT2D eigenvalue weighted by molar-refractivity contribution is -0.0498. The lowest BCUT2D eigenvalue weighted by atomic mass is 10.2. The van der Waals surface area contributed by atoms with Gasteiger partial charge in [0.15, 0.2) is 0 Å². The molecule has 106 valence electrons. The molecule has 1 N–H and O–H groups in total. The van der Waals surface area contributed by atoms with Gasteiger partial charge in [0.05, 0.1) is 17.2 Å². The van der Waals surface area contributed by atoms with Gasteiger partial charge < -0.3 is 10.1 Å². The van der Waals surface area contributed by atoms with Crippen LogP contribution in [0.2, 0.25) is 0 Å². The highest BCUT2D eigenvalue weighted by molar-refractivity contribution is 7.09. The third-order valence-electron chi connectivity index (χ3n) is 2.44. The quantitative estimate of drug-likeness (QED) is 0.923. The van der Waals surface area contributed by atoms with E-state index in [2.05, 4.69) is 15.0 Å². The lowest BCUT2D eigenvalue weighted by Gasteiger charge is -2.06. The van der Waals surface area contributed by atoms with Crippen LogP contribution < -0.4 is 10.1 Å². The van der Waals surface area contributed by atoms with E-state index >= 15 is 0 Å². The summed E-state index contributed by atoms with van der Waals surface area (Å²) in [6, 6.07) is 5.51. The number of amides is 1. The van der Waals surface area contributed by atoms with Crippen molar-refractivity contribution in [1.29, 1.82) is 0 Å². The van der Waals surface area contributed by atoms with Gasteiger partial charge in [-0.15, -0.1) is 11.3 Å². The minimum Gasteiger partial charge on any atom is -0.435 e. The first kappa shape index (κ1) is 14.4. The Bertz CT molecular complexity index is 584. The largest absolute Gasteiger partial charge is 0.435 e. The lowest BCUT2D eigenvalue weighted by Crippen LogP contribution is -2.22. The Balaban J connectivity index is 1.92. The first-order valence-electron chi connectivity index (χ1n) is 5.78. The highest BCUT2D eigenvalue weighted by Crippen LogP contribution is 2.15. The van der Waals surface area contributed by atoms with Crippen LogP contribution in [0, 0.1) is 6.92 Å². The van der Waals surface area contributed by atoms with Gasteiger partial charge in [-0.3, -0.25) is 4.79 Å². The number of hydrogen-bond acceptors (Lipinski definition) is 4. The highest BCUT2D eigenvalue weighted by atomic mass is 32.1. The minimum absolute atomic E-state index is 0.0201. The number of rotatable bonds is 5. The van der Waals surface area contributed by atoms with Crippen molar-refractivity contribution < 1.29 is 18.3 Å². The Kier molecular flexibility index (Phi) is 4.62. The van der Waals surface area contributed by atoms with Crippen LogP contribution in [0.25, 0.3) is 0 Å². The van der Waals surface area contributed by atoms with E-state index in [1.807, 2.05) is 12.3 Å².